The average Bonchev–Trinajstić information content (AvgIpc) is 2.51. The molecule has 1 aliphatic rings. The molecule has 0 fully saturated rings. The maximum atomic E-state index is 5.08. The van der Waals surface area contributed by atoms with Crippen molar-refractivity contribution in [3.63, 3.8) is 0 Å². The molecule has 2 N–H and O–H groups in total. The predicted molar refractivity (Wildman–Crippen MR) is 50.2 cm³/mol. The Balaban J connectivity index is 2.38. The van der Waals surface area contributed by atoms with Crippen LogP contribution in [-0.4, -0.2) is 6.21 Å². The molecule has 2 heteroatoms. The van der Waals surface area contributed by atoms with Crippen molar-refractivity contribution in [1.82, 2.24) is 0 Å². The van der Waals surface area contributed by atoms with Gasteiger partial charge in [0.15, 0.2) is 0 Å². The van der Waals surface area contributed by atoms with Crippen LogP contribution in [-0.2, 0) is 12.8 Å². The minimum absolute atomic E-state index is 1.11. The van der Waals surface area contributed by atoms with Crippen LogP contribution in [0.2, 0.25) is 0 Å². The van der Waals surface area contributed by atoms with Crippen LogP contribution in [0.1, 0.15) is 23.1 Å². The second-order valence-electron chi connectivity index (χ2n) is 3.16. The van der Waals surface area contributed by atoms with Crippen LogP contribution in [0.3, 0.4) is 0 Å². The summed E-state index contributed by atoms with van der Waals surface area (Å²) >= 11 is 0. The highest BCUT2D eigenvalue weighted by Crippen LogP contribution is 2.21. The van der Waals surface area contributed by atoms with Gasteiger partial charge in [-0.3, -0.25) is 0 Å². The Hall–Kier alpha value is -1.31. The molecule has 0 unspecified atom stereocenters. The Morgan fingerprint density at radius 2 is 2.08 bits per heavy atom. The van der Waals surface area contributed by atoms with Crippen molar-refractivity contribution in [2.24, 2.45) is 10.9 Å². The second kappa shape index (κ2) is 2.97. The molecule has 0 radical (unpaired) electrons. The van der Waals surface area contributed by atoms with Crippen LogP contribution in [0.5, 0.6) is 0 Å². The SMILES string of the molecule is NN=Cc1ccc2c(c1)CCC2. The van der Waals surface area contributed by atoms with Crippen molar-refractivity contribution in [2.45, 2.75) is 19.3 Å². The summed E-state index contributed by atoms with van der Waals surface area (Å²) in [5, 5.41) is 3.51. The molecule has 1 aromatic rings. The predicted octanol–water partition coefficient (Wildman–Crippen LogP) is 1.47. The maximum absolute atomic E-state index is 5.08. The molecular weight excluding hydrogens is 148 g/mol. The summed E-state index contributed by atoms with van der Waals surface area (Å²) in [6.07, 6.45) is 5.42. The molecule has 0 amide bonds. The summed E-state index contributed by atoms with van der Waals surface area (Å²) in [6, 6.07) is 6.43. The van der Waals surface area contributed by atoms with E-state index >= 15 is 0 Å². The van der Waals surface area contributed by atoms with Gasteiger partial charge in [0.2, 0.25) is 0 Å². The number of benzene rings is 1. The minimum Gasteiger partial charge on any atom is -0.323 e. The Bertz CT molecular complexity index is 316. The van der Waals surface area contributed by atoms with Crippen molar-refractivity contribution in [1.29, 1.82) is 0 Å². The van der Waals surface area contributed by atoms with Crippen molar-refractivity contribution >= 4 is 6.21 Å². The van der Waals surface area contributed by atoms with Crippen molar-refractivity contribution < 1.29 is 0 Å². The zero-order chi connectivity index (χ0) is 8.39. The smallest absolute Gasteiger partial charge is 0.0538 e. The molecule has 0 saturated heterocycles. The number of hydrogen-bond acceptors (Lipinski definition) is 2. The fourth-order valence-electron chi connectivity index (χ4n) is 1.76. The molecule has 62 valence electrons. The van der Waals surface area contributed by atoms with Gasteiger partial charge >= 0.3 is 0 Å². The lowest BCUT2D eigenvalue weighted by molar-refractivity contribution is 0.912. The average molecular weight is 160 g/mol. The number of fused-ring (bicyclic) bond motifs is 1. The highest BCUT2D eigenvalue weighted by Gasteiger charge is 2.09. The van der Waals surface area contributed by atoms with E-state index in [1.165, 1.54) is 30.4 Å². The van der Waals surface area contributed by atoms with Crippen LogP contribution in [0, 0.1) is 0 Å². The highest BCUT2D eigenvalue weighted by atomic mass is 15.1. The Morgan fingerprint density at radius 3 is 2.92 bits per heavy atom. The molecule has 0 atom stereocenters. The first-order chi connectivity index (χ1) is 5.90. The van der Waals surface area contributed by atoms with Gasteiger partial charge in [0.25, 0.3) is 0 Å². The van der Waals surface area contributed by atoms with Crippen LogP contribution in [0.4, 0.5) is 0 Å². The second-order valence-corrected chi connectivity index (χ2v) is 3.16. The zero-order valence-corrected chi connectivity index (χ0v) is 6.96. The van der Waals surface area contributed by atoms with Gasteiger partial charge in [0.05, 0.1) is 6.21 Å². The topological polar surface area (TPSA) is 38.4 Å². The van der Waals surface area contributed by atoms with Gasteiger partial charge in [0, 0.05) is 0 Å². The summed E-state index contributed by atoms with van der Waals surface area (Å²) in [6.45, 7) is 0. The van der Waals surface area contributed by atoms with Gasteiger partial charge in [0.1, 0.15) is 0 Å². The van der Waals surface area contributed by atoms with Gasteiger partial charge in [-0.15, -0.1) is 0 Å². The van der Waals surface area contributed by atoms with Crippen molar-refractivity contribution in [3.8, 4) is 0 Å². The fraction of sp³-hybridized carbons (Fsp3) is 0.300. The fourth-order valence-corrected chi connectivity index (χ4v) is 1.76. The molecule has 1 aromatic carbocycles. The Morgan fingerprint density at radius 1 is 1.25 bits per heavy atom. The summed E-state index contributed by atoms with van der Waals surface area (Å²) in [7, 11) is 0. The van der Waals surface area contributed by atoms with E-state index in [0.717, 1.165) is 5.56 Å². The third-order valence-electron chi connectivity index (χ3n) is 2.35. The molecule has 0 saturated carbocycles. The zero-order valence-electron chi connectivity index (χ0n) is 6.96. The summed E-state index contributed by atoms with van der Waals surface area (Å²) < 4.78 is 0. The van der Waals surface area contributed by atoms with E-state index in [-0.39, 0.29) is 0 Å². The number of hydrogen-bond donors (Lipinski definition) is 1. The van der Waals surface area contributed by atoms with Crippen LogP contribution in [0.25, 0.3) is 0 Å². The molecule has 0 bridgehead atoms. The first kappa shape index (κ1) is 7.35. The normalized spacial score (nSPS) is 15.3. The van der Waals surface area contributed by atoms with Crippen molar-refractivity contribution in [3.05, 3.63) is 34.9 Å². The van der Waals surface area contributed by atoms with E-state index in [1.807, 2.05) is 0 Å². The van der Waals surface area contributed by atoms with E-state index in [2.05, 4.69) is 23.3 Å². The van der Waals surface area contributed by atoms with Gasteiger partial charge in [-0.1, -0.05) is 12.1 Å². The molecular formula is C10H12N2. The molecule has 0 spiro atoms. The first-order valence-electron chi connectivity index (χ1n) is 4.25. The van der Waals surface area contributed by atoms with Gasteiger partial charge in [-0.25, -0.2) is 0 Å². The van der Waals surface area contributed by atoms with E-state index in [0.29, 0.717) is 0 Å². The lowest BCUT2D eigenvalue weighted by atomic mass is 10.1. The van der Waals surface area contributed by atoms with Gasteiger partial charge in [-0.2, -0.15) is 5.10 Å². The molecule has 2 nitrogen and oxygen atoms in total. The Labute approximate surface area is 72.1 Å². The number of aryl methyl sites for hydroxylation is 2. The monoisotopic (exact) mass is 160 g/mol. The third-order valence-corrected chi connectivity index (χ3v) is 2.35. The molecule has 12 heavy (non-hydrogen) atoms. The molecule has 0 heterocycles. The standard InChI is InChI=1S/C10H12N2/c11-12-7-8-4-5-9-2-1-3-10(9)6-8/h4-7H,1-3,11H2. The lowest BCUT2D eigenvalue weighted by Gasteiger charge is -1.98. The number of nitrogens with two attached hydrogens (primary N) is 1. The number of rotatable bonds is 1. The molecule has 2 rings (SSSR count). The molecule has 0 aliphatic heterocycles. The van der Waals surface area contributed by atoms with Crippen LogP contribution in [0.15, 0.2) is 23.3 Å². The molecule has 1 aliphatic carbocycles. The van der Waals surface area contributed by atoms with Gasteiger partial charge in [-0.05, 0) is 42.0 Å². The van der Waals surface area contributed by atoms with Crippen LogP contribution < -0.4 is 5.84 Å². The van der Waals surface area contributed by atoms with Crippen LogP contribution >= 0.6 is 0 Å². The maximum Gasteiger partial charge on any atom is 0.0538 e. The third kappa shape index (κ3) is 1.20. The summed E-state index contributed by atoms with van der Waals surface area (Å²) in [5.41, 5.74) is 4.06. The van der Waals surface area contributed by atoms with E-state index in [4.69, 9.17) is 5.84 Å². The summed E-state index contributed by atoms with van der Waals surface area (Å²) in [5.74, 6) is 5.08. The quantitative estimate of drug-likeness (QED) is 0.377. The van der Waals surface area contributed by atoms with E-state index in [1.54, 1.807) is 6.21 Å². The van der Waals surface area contributed by atoms with Crippen molar-refractivity contribution in [2.75, 3.05) is 0 Å². The molecule has 0 aromatic heterocycles. The van der Waals surface area contributed by atoms with Gasteiger partial charge < -0.3 is 5.84 Å². The summed E-state index contributed by atoms with van der Waals surface area (Å²) in [4.78, 5) is 0. The van der Waals surface area contributed by atoms with E-state index in [9.17, 15) is 0 Å². The highest BCUT2D eigenvalue weighted by molar-refractivity contribution is 5.79. The Kier molecular flexibility index (Phi) is 1.82. The largest absolute Gasteiger partial charge is 0.323 e. The minimum atomic E-state index is 1.11. The van der Waals surface area contributed by atoms with E-state index < -0.39 is 0 Å². The number of nitrogens with zero attached hydrogens (tertiary/aromatic N) is 1. The first-order valence-corrected chi connectivity index (χ1v) is 4.25. The number of hydrazone groups is 1. The lowest BCUT2D eigenvalue weighted by Crippen LogP contribution is -1.89.